The number of carbonyl (C=O) groups is 2. The molecule has 2 amide bonds. The molecule has 3 rings (SSSR count). The highest BCUT2D eigenvalue weighted by molar-refractivity contribution is 7.80. The van der Waals surface area contributed by atoms with Gasteiger partial charge in [0.1, 0.15) is 11.3 Å². The predicted octanol–water partition coefficient (Wildman–Crippen LogP) is 0.680. The molecule has 0 bridgehead atoms. The van der Waals surface area contributed by atoms with Crippen molar-refractivity contribution in [3.05, 3.63) is 23.3 Å². The number of ether oxygens (including phenoxy) is 3. The second-order valence-electron chi connectivity index (χ2n) is 4.63. The number of likely N-dealkylation sites (N-methyl/N-ethyl adjacent to an activating group) is 1. The standard InChI is InChI=1S/C14H12N2O5S/c1-16-13(18)8(12(17)15-14(16)22)3-7-4-10-11(21-6-20-10)5-9(7)19-2/h3-5H,6H2,1-2H3,(H,15,17,22)/b8-3-. The third-order valence-electron chi connectivity index (χ3n) is 3.33. The van der Waals surface area contributed by atoms with Gasteiger partial charge in [0.15, 0.2) is 16.6 Å². The zero-order valence-corrected chi connectivity index (χ0v) is 12.7. The summed E-state index contributed by atoms with van der Waals surface area (Å²) >= 11 is 4.90. The van der Waals surface area contributed by atoms with Gasteiger partial charge in [-0.2, -0.15) is 0 Å². The van der Waals surface area contributed by atoms with Crippen molar-refractivity contribution in [2.24, 2.45) is 0 Å². The second-order valence-corrected chi connectivity index (χ2v) is 5.02. The number of amides is 2. The van der Waals surface area contributed by atoms with Gasteiger partial charge >= 0.3 is 0 Å². The first kappa shape index (κ1) is 14.3. The van der Waals surface area contributed by atoms with Crippen LogP contribution in [-0.2, 0) is 9.59 Å². The van der Waals surface area contributed by atoms with E-state index in [2.05, 4.69) is 5.32 Å². The summed E-state index contributed by atoms with van der Waals surface area (Å²) in [6.07, 6.45) is 1.44. The number of thiocarbonyl (C=S) groups is 1. The Balaban J connectivity index is 2.06. The molecule has 0 aromatic heterocycles. The van der Waals surface area contributed by atoms with Gasteiger partial charge in [-0.05, 0) is 24.4 Å². The number of carbonyl (C=O) groups excluding carboxylic acids is 2. The maximum atomic E-state index is 12.2. The Kier molecular flexibility index (Phi) is 3.45. The molecule has 0 saturated carbocycles. The molecule has 0 spiro atoms. The summed E-state index contributed by atoms with van der Waals surface area (Å²) < 4.78 is 15.8. The third-order valence-corrected chi connectivity index (χ3v) is 3.71. The number of nitrogens with zero attached hydrogens (tertiary/aromatic N) is 1. The monoisotopic (exact) mass is 320 g/mol. The topological polar surface area (TPSA) is 77.1 Å². The van der Waals surface area contributed by atoms with Crippen molar-refractivity contribution >= 4 is 35.2 Å². The Morgan fingerprint density at radius 1 is 1.32 bits per heavy atom. The van der Waals surface area contributed by atoms with E-state index < -0.39 is 11.8 Å². The van der Waals surface area contributed by atoms with Crippen LogP contribution in [0.4, 0.5) is 0 Å². The molecule has 2 aliphatic heterocycles. The summed E-state index contributed by atoms with van der Waals surface area (Å²) in [7, 11) is 2.98. The minimum Gasteiger partial charge on any atom is -0.496 e. The second kappa shape index (κ2) is 5.30. The van der Waals surface area contributed by atoms with Gasteiger partial charge in [0.2, 0.25) is 6.79 Å². The van der Waals surface area contributed by atoms with Crippen LogP contribution in [0.15, 0.2) is 17.7 Å². The molecule has 7 nitrogen and oxygen atoms in total. The van der Waals surface area contributed by atoms with Crippen LogP contribution in [0.5, 0.6) is 17.2 Å². The molecule has 1 aromatic rings. The SMILES string of the molecule is COc1cc2c(cc1/C=C1/C(=O)NC(=S)N(C)C1=O)OCO2. The number of hydrogen-bond acceptors (Lipinski definition) is 6. The maximum Gasteiger partial charge on any atom is 0.265 e. The molecule has 114 valence electrons. The van der Waals surface area contributed by atoms with Crippen molar-refractivity contribution in [2.75, 3.05) is 21.0 Å². The number of methoxy groups -OCH3 is 1. The Labute approximate surface area is 131 Å². The largest absolute Gasteiger partial charge is 0.496 e. The predicted molar refractivity (Wildman–Crippen MR) is 80.6 cm³/mol. The minimum absolute atomic E-state index is 0.0340. The van der Waals surface area contributed by atoms with E-state index in [4.69, 9.17) is 26.4 Å². The number of nitrogens with one attached hydrogen (secondary N) is 1. The first-order chi connectivity index (χ1) is 10.5. The van der Waals surface area contributed by atoms with E-state index in [0.29, 0.717) is 22.8 Å². The van der Waals surface area contributed by atoms with Gasteiger partial charge in [-0.1, -0.05) is 0 Å². The Hall–Kier alpha value is -2.61. The average molecular weight is 320 g/mol. The molecule has 1 aromatic carbocycles. The molecule has 1 fully saturated rings. The van der Waals surface area contributed by atoms with Gasteiger partial charge in [0, 0.05) is 18.7 Å². The van der Waals surface area contributed by atoms with Gasteiger partial charge in [-0.25, -0.2) is 0 Å². The molecule has 8 heteroatoms. The van der Waals surface area contributed by atoms with Crippen molar-refractivity contribution in [3.63, 3.8) is 0 Å². The number of hydrogen-bond donors (Lipinski definition) is 1. The fourth-order valence-corrected chi connectivity index (χ4v) is 2.31. The lowest BCUT2D eigenvalue weighted by molar-refractivity contribution is -0.128. The summed E-state index contributed by atoms with van der Waals surface area (Å²) in [6, 6.07) is 3.30. The lowest BCUT2D eigenvalue weighted by atomic mass is 10.1. The number of rotatable bonds is 2. The van der Waals surface area contributed by atoms with E-state index in [0.717, 1.165) is 0 Å². The zero-order valence-electron chi connectivity index (χ0n) is 11.8. The summed E-state index contributed by atoms with van der Waals surface area (Å²) in [4.78, 5) is 25.4. The highest BCUT2D eigenvalue weighted by atomic mass is 32.1. The molecule has 2 aliphatic rings. The zero-order chi connectivity index (χ0) is 15.9. The highest BCUT2D eigenvalue weighted by Crippen LogP contribution is 2.39. The molecule has 1 saturated heterocycles. The fraction of sp³-hybridized carbons (Fsp3) is 0.214. The van der Waals surface area contributed by atoms with Crippen molar-refractivity contribution in [1.29, 1.82) is 0 Å². The van der Waals surface area contributed by atoms with Crippen molar-refractivity contribution in [3.8, 4) is 17.2 Å². The van der Waals surface area contributed by atoms with Crippen LogP contribution < -0.4 is 19.5 Å². The molecular weight excluding hydrogens is 308 g/mol. The quantitative estimate of drug-likeness (QED) is 0.491. The van der Waals surface area contributed by atoms with E-state index >= 15 is 0 Å². The molecule has 0 radical (unpaired) electrons. The van der Waals surface area contributed by atoms with E-state index in [1.165, 1.54) is 25.1 Å². The Morgan fingerprint density at radius 3 is 2.68 bits per heavy atom. The summed E-state index contributed by atoms with van der Waals surface area (Å²) in [5.41, 5.74) is 0.500. The lowest BCUT2D eigenvalue weighted by Crippen LogP contribution is -2.52. The molecule has 0 aliphatic carbocycles. The Bertz CT molecular complexity index is 728. The van der Waals surface area contributed by atoms with Gasteiger partial charge in [-0.3, -0.25) is 19.8 Å². The molecule has 0 unspecified atom stereocenters. The molecule has 22 heavy (non-hydrogen) atoms. The van der Waals surface area contributed by atoms with E-state index in [9.17, 15) is 9.59 Å². The lowest BCUT2D eigenvalue weighted by Gasteiger charge is -2.25. The number of benzene rings is 1. The van der Waals surface area contributed by atoms with Crippen LogP contribution in [0.2, 0.25) is 0 Å². The average Bonchev–Trinajstić information content (AvgIpc) is 2.95. The van der Waals surface area contributed by atoms with Crippen LogP contribution in [0.25, 0.3) is 6.08 Å². The molecule has 0 atom stereocenters. The van der Waals surface area contributed by atoms with Crippen molar-refractivity contribution < 1.29 is 23.8 Å². The first-order valence-corrected chi connectivity index (χ1v) is 6.75. The van der Waals surface area contributed by atoms with Crippen LogP contribution >= 0.6 is 12.2 Å². The van der Waals surface area contributed by atoms with Crippen LogP contribution in [-0.4, -0.2) is 42.8 Å². The van der Waals surface area contributed by atoms with Gasteiger partial charge in [0.05, 0.1) is 7.11 Å². The minimum atomic E-state index is -0.548. The van der Waals surface area contributed by atoms with Gasteiger partial charge < -0.3 is 14.2 Å². The van der Waals surface area contributed by atoms with E-state index in [1.54, 1.807) is 12.1 Å². The summed E-state index contributed by atoms with van der Waals surface area (Å²) in [5.74, 6) is 0.520. The fourth-order valence-electron chi connectivity index (χ4n) is 2.13. The van der Waals surface area contributed by atoms with Crippen LogP contribution in [0.1, 0.15) is 5.56 Å². The number of fused-ring (bicyclic) bond motifs is 1. The first-order valence-electron chi connectivity index (χ1n) is 6.34. The van der Waals surface area contributed by atoms with Crippen LogP contribution in [0, 0.1) is 0 Å². The third kappa shape index (κ3) is 2.27. The smallest absolute Gasteiger partial charge is 0.265 e. The van der Waals surface area contributed by atoms with E-state index in [1.807, 2.05) is 0 Å². The Morgan fingerprint density at radius 2 is 2.00 bits per heavy atom. The van der Waals surface area contributed by atoms with Crippen molar-refractivity contribution in [1.82, 2.24) is 10.2 Å². The van der Waals surface area contributed by atoms with Crippen LogP contribution in [0.3, 0.4) is 0 Å². The summed E-state index contributed by atoms with van der Waals surface area (Å²) in [6.45, 7) is 0.120. The van der Waals surface area contributed by atoms with Crippen molar-refractivity contribution in [2.45, 2.75) is 0 Å². The molecular formula is C14H12N2O5S. The van der Waals surface area contributed by atoms with E-state index in [-0.39, 0.29) is 17.5 Å². The maximum absolute atomic E-state index is 12.2. The summed E-state index contributed by atoms with van der Waals surface area (Å²) in [5, 5.41) is 2.53. The van der Waals surface area contributed by atoms with Gasteiger partial charge in [-0.15, -0.1) is 0 Å². The normalized spacial score (nSPS) is 18.7. The highest BCUT2D eigenvalue weighted by Gasteiger charge is 2.31. The van der Waals surface area contributed by atoms with Gasteiger partial charge in [0.25, 0.3) is 11.8 Å². The molecule has 2 heterocycles. The molecule has 1 N–H and O–H groups in total.